The molecule has 0 unspecified atom stereocenters. The fraction of sp³-hybridized carbons (Fsp3) is 0.238. The van der Waals surface area contributed by atoms with Crippen LogP contribution in [0.1, 0.15) is 23.1 Å². The van der Waals surface area contributed by atoms with E-state index in [9.17, 15) is 4.79 Å². The minimum absolute atomic E-state index is 0.143. The maximum absolute atomic E-state index is 12.4. The number of nitrogens with one attached hydrogen (secondary N) is 1. The lowest BCUT2D eigenvalue weighted by Crippen LogP contribution is -2.24. The molecule has 0 aliphatic heterocycles. The molecule has 2 aromatic carbocycles. The second kappa shape index (κ2) is 6.39. The van der Waals surface area contributed by atoms with Gasteiger partial charge in [-0.3, -0.25) is 4.79 Å². The van der Waals surface area contributed by atoms with E-state index in [2.05, 4.69) is 28.7 Å². The van der Waals surface area contributed by atoms with Gasteiger partial charge in [-0.25, -0.2) is 5.43 Å². The number of thiazole rings is 1. The maximum atomic E-state index is 12.4. The van der Waals surface area contributed by atoms with Crippen molar-refractivity contribution in [2.45, 2.75) is 25.7 Å². The zero-order valence-electron chi connectivity index (χ0n) is 15.0. The summed E-state index contributed by atoms with van der Waals surface area (Å²) >= 11 is 1.55. The van der Waals surface area contributed by atoms with Crippen molar-refractivity contribution in [2.75, 3.05) is 0 Å². The number of aryl methyl sites for hydroxylation is 3. The number of benzene rings is 2. The highest BCUT2D eigenvalue weighted by molar-refractivity contribution is 7.16. The first-order valence-electron chi connectivity index (χ1n) is 9.08. The van der Waals surface area contributed by atoms with Gasteiger partial charge >= 0.3 is 0 Å². The van der Waals surface area contributed by atoms with Crippen LogP contribution in [-0.2, 0) is 31.1 Å². The number of furan rings is 1. The molecule has 0 saturated heterocycles. The van der Waals surface area contributed by atoms with Crippen molar-refractivity contribution in [1.82, 2.24) is 9.99 Å². The largest absolute Gasteiger partial charge is 0.464 e. The van der Waals surface area contributed by atoms with Crippen LogP contribution in [-0.4, -0.2) is 10.5 Å². The molecule has 27 heavy (non-hydrogen) atoms. The molecule has 2 aromatic heterocycles. The van der Waals surface area contributed by atoms with Gasteiger partial charge in [0.25, 0.3) is 0 Å². The van der Waals surface area contributed by atoms with Gasteiger partial charge in [0.2, 0.25) is 10.7 Å². The van der Waals surface area contributed by atoms with Crippen LogP contribution >= 0.6 is 11.3 Å². The molecular weight excluding hydrogens is 358 g/mol. The summed E-state index contributed by atoms with van der Waals surface area (Å²) in [6.45, 7) is 0. The Morgan fingerprint density at radius 2 is 2.07 bits per heavy atom. The Bertz CT molecular complexity index is 1250. The molecule has 1 N–H and O–H groups in total. The van der Waals surface area contributed by atoms with E-state index in [1.807, 2.05) is 29.8 Å². The third kappa shape index (κ3) is 2.86. The number of fused-ring (bicyclic) bond motifs is 3. The summed E-state index contributed by atoms with van der Waals surface area (Å²) in [4.78, 5) is 13.2. The number of hydrogen-bond acceptors (Lipinski definition) is 4. The number of para-hydroxylation sites is 1. The molecule has 0 saturated carbocycles. The van der Waals surface area contributed by atoms with E-state index >= 15 is 0 Å². The van der Waals surface area contributed by atoms with Crippen LogP contribution in [0.15, 0.2) is 52.2 Å². The van der Waals surface area contributed by atoms with Crippen molar-refractivity contribution >= 4 is 38.4 Å². The highest BCUT2D eigenvalue weighted by atomic mass is 32.1. The molecule has 5 nitrogen and oxygen atoms in total. The topological polar surface area (TPSA) is 59.5 Å². The average Bonchev–Trinajstić information content (AvgIpc) is 3.37. The van der Waals surface area contributed by atoms with Gasteiger partial charge in [0.05, 0.1) is 22.9 Å². The zero-order chi connectivity index (χ0) is 18.4. The van der Waals surface area contributed by atoms with E-state index < -0.39 is 0 Å². The van der Waals surface area contributed by atoms with Crippen molar-refractivity contribution < 1.29 is 9.21 Å². The first-order valence-corrected chi connectivity index (χ1v) is 9.90. The molecule has 0 atom stereocenters. The molecule has 1 amide bonds. The Morgan fingerprint density at radius 3 is 2.93 bits per heavy atom. The van der Waals surface area contributed by atoms with E-state index in [1.165, 1.54) is 17.5 Å². The monoisotopic (exact) mass is 377 g/mol. The molecule has 0 bridgehead atoms. The summed E-state index contributed by atoms with van der Waals surface area (Å²) in [6, 6.07) is 12.4. The summed E-state index contributed by atoms with van der Waals surface area (Å²) in [6.07, 6.45) is 5.37. The summed E-state index contributed by atoms with van der Waals surface area (Å²) in [7, 11) is 1.95. The van der Waals surface area contributed by atoms with Crippen LogP contribution in [0.2, 0.25) is 0 Å². The van der Waals surface area contributed by atoms with Crippen molar-refractivity contribution in [3.05, 3.63) is 64.2 Å². The van der Waals surface area contributed by atoms with Crippen LogP contribution in [0.4, 0.5) is 0 Å². The Morgan fingerprint density at radius 1 is 1.26 bits per heavy atom. The molecule has 1 aliphatic rings. The average molecular weight is 377 g/mol. The van der Waals surface area contributed by atoms with Crippen LogP contribution in [0.5, 0.6) is 0 Å². The first-order chi connectivity index (χ1) is 13.2. The highest BCUT2D eigenvalue weighted by Crippen LogP contribution is 2.30. The molecule has 2 heterocycles. The van der Waals surface area contributed by atoms with E-state index in [0.717, 1.165) is 44.4 Å². The van der Waals surface area contributed by atoms with Crippen LogP contribution in [0, 0.1) is 0 Å². The van der Waals surface area contributed by atoms with Crippen LogP contribution in [0.25, 0.3) is 21.2 Å². The fourth-order valence-electron chi connectivity index (χ4n) is 3.80. The SMILES string of the molecule is Cn1/c(=N\NC(=O)Cc2coc3cc4c(cc23)CCC4)sc2ccccc21. The molecule has 6 heteroatoms. The van der Waals surface area contributed by atoms with E-state index in [1.54, 1.807) is 17.6 Å². The van der Waals surface area contributed by atoms with Gasteiger partial charge in [0.15, 0.2) is 0 Å². The standard InChI is InChI=1S/C21H19N3O2S/c1-24-17-7-2-3-8-19(17)27-21(24)23-22-20(25)11-15-12-26-18-10-14-6-4-5-13(14)9-16(15)18/h2-3,7-10,12H,4-6,11H2,1H3,(H,22,25)/b23-21+. The van der Waals surface area contributed by atoms with Gasteiger partial charge in [-0.05, 0) is 54.7 Å². The Labute approximate surface area is 159 Å². The maximum Gasteiger partial charge on any atom is 0.244 e. The lowest BCUT2D eigenvalue weighted by Gasteiger charge is -2.01. The fourth-order valence-corrected chi connectivity index (χ4v) is 4.78. The molecular formula is C21H19N3O2S. The Balaban J connectivity index is 1.39. The predicted molar refractivity (Wildman–Crippen MR) is 106 cm³/mol. The first kappa shape index (κ1) is 16.3. The van der Waals surface area contributed by atoms with E-state index in [4.69, 9.17) is 4.42 Å². The van der Waals surface area contributed by atoms with Crippen LogP contribution in [0.3, 0.4) is 0 Å². The molecule has 0 spiro atoms. The minimum atomic E-state index is -0.143. The quantitative estimate of drug-likeness (QED) is 0.554. The molecule has 4 aromatic rings. The third-order valence-corrected chi connectivity index (χ3v) is 6.32. The van der Waals surface area contributed by atoms with Gasteiger partial charge in [0, 0.05) is 18.0 Å². The van der Waals surface area contributed by atoms with Crippen LogP contribution < -0.4 is 10.2 Å². The van der Waals surface area contributed by atoms with Gasteiger partial charge in [-0.15, -0.1) is 5.10 Å². The lowest BCUT2D eigenvalue weighted by molar-refractivity contribution is -0.120. The Hall–Kier alpha value is -2.86. The number of carbonyl (C=O) groups excluding carboxylic acids is 1. The number of nitrogens with zero attached hydrogens (tertiary/aromatic N) is 2. The Kier molecular flexibility index (Phi) is 3.86. The van der Waals surface area contributed by atoms with Crippen molar-refractivity contribution in [3.8, 4) is 0 Å². The zero-order valence-corrected chi connectivity index (χ0v) is 15.8. The number of aromatic nitrogens is 1. The number of hydrogen-bond donors (Lipinski definition) is 1. The second-order valence-corrected chi connectivity index (χ2v) is 7.98. The summed E-state index contributed by atoms with van der Waals surface area (Å²) < 4.78 is 8.81. The minimum Gasteiger partial charge on any atom is -0.464 e. The molecule has 0 radical (unpaired) electrons. The summed E-state index contributed by atoms with van der Waals surface area (Å²) in [5, 5.41) is 5.35. The summed E-state index contributed by atoms with van der Waals surface area (Å²) in [5.74, 6) is -0.143. The van der Waals surface area contributed by atoms with Crippen molar-refractivity contribution in [1.29, 1.82) is 0 Å². The molecule has 1 aliphatic carbocycles. The molecule has 136 valence electrons. The van der Waals surface area contributed by atoms with Crippen molar-refractivity contribution in [3.63, 3.8) is 0 Å². The van der Waals surface area contributed by atoms with E-state index in [0.29, 0.717) is 0 Å². The predicted octanol–water partition coefficient (Wildman–Crippen LogP) is 3.65. The van der Waals surface area contributed by atoms with Gasteiger partial charge in [-0.1, -0.05) is 23.5 Å². The van der Waals surface area contributed by atoms with Crippen molar-refractivity contribution in [2.24, 2.45) is 12.1 Å². The van der Waals surface area contributed by atoms with E-state index in [-0.39, 0.29) is 12.3 Å². The molecule has 5 rings (SSSR count). The smallest absolute Gasteiger partial charge is 0.244 e. The highest BCUT2D eigenvalue weighted by Gasteiger charge is 2.16. The third-order valence-electron chi connectivity index (χ3n) is 5.21. The normalized spacial score (nSPS) is 14.2. The van der Waals surface area contributed by atoms with Gasteiger partial charge < -0.3 is 8.98 Å². The number of carbonyl (C=O) groups is 1. The number of rotatable bonds is 3. The van der Waals surface area contributed by atoms with Gasteiger partial charge in [0.1, 0.15) is 5.58 Å². The second-order valence-electron chi connectivity index (χ2n) is 6.97. The number of amides is 1. The van der Waals surface area contributed by atoms with Gasteiger partial charge in [-0.2, -0.15) is 0 Å². The lowest BCUT2D eigenvalue weighted by atomic mass is 10.0. The summed E-state index contributed by atoms with van der Waals surface area (Å²) in [5.41, 5.74) is 8.33. The molecule has 0 fully saturated rings.